The van der Waals surface area contributed by atoms with Gasteiger partial charge in [-0.15, -0.1) is 0 Å². The van der Waals surface area contributed by atoms with Crippen LogP contribution in [0.15, 0.2) is 78.9 Å². The normalized spacial score (nSPS) is 11.1. The van der Waals surface area contributed by atoms with Crippen molar-refractivity contribution in [3.63, 3.8) is 0 Å². The number of benzene rings is 3. The van der Waals surface area contributed by atoms with Crippen LogP contribution in [0, 0.1) is 0 Å². The predicted octanol–water partition coefficient (Wildman–Crippen LogP) is 6.18. The third-order valence-corrected chi connectivity index (χ3v) is 5.31. The zero-order chi connectivity index (χ0) is 20.1. The van der Waals surface area contributed by atoms with Crippen molar-refractivity contribution in [3.8, 4) is 5.75 Å². The van der Waals surface area contributed by atoms with E-state index in [0.29, 0.717) is 16.8 Å². The van der Waals surface area contributed by atoms with Crippen LogP contribution in [0.1, 0.15) is 11.1 Å². The Morgan fingerprint density at radius 1 is 1.07 bits per heavy atom. The molecule has 0 saturated carbocycles. The molecule has 0 fully saturated rings. The molecule has 1 heterocycles. The number of nitrogens with one attached hydrogen (secondary N) is 1. The summed E-state index contributed by atoms with van der Waals surface area (Å²) in [6.07, 6.45) is 3.25. The zero-order valence-electron chi connectivity index (χ0n) is 15.3. The minimum Gasteiger partial charge on any atom is -0.489 e. The molecule has 4 aromatic rings. The first-order valence-electron chi connectivity index (χ1n) is 8.98. The van der Waals surface area contributed by atoms with Crippen LogP contribution >= 0.6 is 22.9 Å². The predicted molar refractivity (Wildman–Crippen MR) is 120 cm³/mol. The summed E-state index contributed by atoms with van der Waals surface area (Å²) >= 11 is 7.43. The van der Waals surface area contributed by atoms with Crippen molar-refractivity contribution in [2.45, 2.75) is 6.61 Å². The Hall–Kier alpha value is -3.15. The number of hydrogen-bond donors (Lipinski definition) is 1. The fourth-order valence-electron chi connectivity index (χ4n) is 2.71. The van der Waals surface area contributed by atoms with Crippen molar-refractivity contribution in [1.82, 2.24) is 4.98 Å². The van der Waals surface area contributed by atoms with Crippen LogP contribution in [-0.4, -0.2) is 10.9 Å². The molecule has 0 saturated heterocycles. The van der Waals surface area contributed by atoms with Crippen LogP contribution in [0.25, 0.3) is 16.3 Å². The summed E-state index contributed by atoms with van der Waals surface area (Å²) in [4.78, 5) is 16.5. The SMILES string of the molecule is O=C(/C=C/c1ccc(OCc2cccc(Cl)c2)cc1)Nc1nc2ccccc2s1. The van der Waals surface area contributed by atoms with E-state index in [4.69, 9.17) is 16.3 Å². The third kappa shape index (κ3) is 5.22. The second-order valence-corrected chi connectivity index (χ2v) is 7.76. The molecule has 1 aromatic heterocycles. The number of amides is 1. The molecular formula is C23H17ClN2O2S. The van der Waals surface area contributed by atoms with Gasteiger partial charge in [-0.3, -0.25) is 10.1 Å². The fourth-order valence-corrected chi connectivity index (χ4v) is 3.79. The van der Waals surface area contributed by atoms with E-state index >= 15 is 0 Å². The van der Waals surface area contributed by atoms with Gasteiger partial charge < -0.3 is 4.74 Å². The van der Waals surface area contributed by atoms with Crippen LogP contribution in [0.3, 0.4) is 0 Å². The van der Waals surface area contributed by atoms with Gasteiger partial charge in [-0.1, -0.05) is 59.3 Å². The van der Waals surface area contributed by atoms with Crippen LogP contribution in [-0.2, 0) is 11.4 Å². The number of rotatable bonds is 6. The number of halogens is 1. The highest BCUT2D eigenvalue weighted by molar-refractivity contribution is 7.22. The number of aromatic nitrogens is 1. The maximum Gasteiger partial charge on any atom is 0.250 e. The average Bonchev–Trinajstić information content (AvgIpc) is 3.14. The summed E-state index contributed by atoms with van der Waals surface area (Å²) in [5.41, 5.74) is 2.79. The van der Waals surface area contributed by atoms with Gasteiger partial charge in [-0.25, -0.2) is 4.98 Å². The van der Waals surface area contributed by atoms with Crippen molar-refractivity contribution >= 4 is 50.3 Å². The molecule has 6 heteroatoms. The van der Waals surface area contributed by atoms with Gasteiger partial charge in [-0.2, -0.15) is 0 Å². The van der Waals surface area contributed by atoms with Gasteiger partial charge in [-0.05, 0) is 53.6 Å². The summed E-state index contributed by atoms with van der Waals surface area (Å²) in [5.74, 6) is 0.534. The van der Waals surface area contributed by atoms with Crippen LogP contribution < -0.4 is 10.1 Å². The monoisotopic (exact) mass is 420 g/mol. The molecule has 0 radical (unpaired) electrons. The maximum atomic E-state index is 12.1. The Labute approximate surface area is 177 Å². The van der Waals surface area contributed by atoms with E-state index in [-0.39, 0.29) is 5.91 Å². The van der Waals surface area contributed by atoms with E-state index < -0.39 is 0 Å². The van der Waals surface area contributed by atoms with Crippen LogP contribution in [0.5, 0.6) is 5.75 Å². The van der Waals surface area contributed by atoms with Gasteiger partial charge in [0.25, 0.3) is 0 Å². The van der Waals surface area contributed by atoms with Crippen molar-refractivity contribution in [2.24, 2.45) is 0 Å². The summed E-state index contributed by atoms with van der Waals surface area (Å²) in [6, 6.07) is 22.9. The quantitative estimate of drug-likeness (QED) is 0.379. The van der Waals surface area contributed by atoms with Crippen molar-refractivity contribution in [2.75, 3.05) is 5.32 Å². The smallest absolute Gasteiger partial charge is 0.250 e. The van der Waals surface area contributed by atoms with E-state index in [9.17, 15) is 4.79 Å². The third-order valence-electron chi connectivity index (χ3n) is 4.13. The number of hydrogen-bond acceptors (Lipinski definition) is 4. The van der Waals surface area contributed by atoms with Crippen molar-refractivity contribution in [3.05, 3.63) is 95.0 Å². The summed E-state index contributed by atoms with van der Waals surface area (Å²) in [5, 5.41) is 4.08. The first kappa shape index (κ1) is 19.2. The van der Waals surface area contributed by atoms with Gasteiger partial charge in [0.05, 0.1) is 10.2 Å². The maximum absolute atomic E-state index is 12.1. The molecule has 4 nitrogen and oxygen atoms in total. The van der Waals surface area contributed by atoms with E-state index in [1.165, 1.54) is 17.4 Å². The molecule has 0 aliphatic rings. The average molecular weight is 421 g/mol. The standard InChI is InChI=1S/C23H17ClN2O2S/c24-18-5-3-4-17(14-18)15-28-19-11-8-16(9-12-19)10-13-22(27)26-23-25-20-6-1-2-7-21(20)29-23/h1-14H,15H2,(H,25,26,27)/b13-10+. The Morgan fingerprint density at radius 3 is 2.69 bits per heavy atom. The highest BCUT2D eigenvalue weighted by Gasteiger charge is 2.05. The number of nitrogens with zero attached hydrogens (tertiary/aromatic N) is 1. The topological polar surface area (TPSA) is 51.2 Å². The summed E-state index contributed by atoms with van der Waals surface area (Å²) < 4.78 is 6.81. The van der Waals surface area contributed by atoms with E-state index in [0.717, 1.165) is 27.1 Å². The summed E-state index contributed by atoms with van der Waals surface area (Å²) in [6.45, 7) is 0.445. The van der Waals surface area contributed by atoms with Gasteiger partial charge in [0.15, 0.2) is 5.13 Å². The molecule has 144 valence electrons. The number of para-hydroxylation sites is 1. The highest BCUT2D eigenvalue weighted by atomic mass is 35.5. The van der Waals surface area contributed by atoms with Gasteiger partial charge >= 0.3 is 0 Å². The second-order valence-electron chi connectivity index (χ2n) is 6.30. The fraction of sp³-hybridized carbons (Fsp3) is 0.0435. The first-order valence-corrected chi connectivity index (χ1v) is 10.2. The largest absolute Gasteiger partial charge is 0.489 e. The molecule has 3 aromatic carbocycles. The number of thiazole rings is 1. The lowest BCUT2D eigenvalue weighted by molar-refractivity contribution is -0.111. The molecule has 4 rings (SSSR count). The number of carbonyl (C=O) groups excluding carboxylic acids is 1. The second kappa shape index (κ2) is 8.90. The molecule has 1 amide bonds. The molecule has 0 aliphatic heterocycles. The van der Waals surface area contributed by atoms with Crippen LogP contribution in [0.4, 0.5) is 5.13 Å². The molecule has 0 atom stereocenters. The molecular weight excluding hydrogens is 404 g/mol. The lowest BCUT2D eigenvalue weighted by Gasteiger charge is -2.07. The number of anilines is 1. The van der Waals surface area contributed by atoms with Gasteiger partial charge in [0, 0.05) is 11.1 Å². The highest BCUT2D eigenvalue weighted by Crippen LogP contribution is 2.25. The Balaban J connectivity index is 1.32. The number of fused-ring (bicyclic) bond motifs is 1. The molecule has 0 aliphatic carbocycles. The molecule has 0 unspecified atom stereocenters. The molecule has 29 heavy (non-hydrogen) atoms. The Morgan fingerprint density at radius 2 is 1.90 bits per heavy atom. The van der Waals surface area contributed by atoms with E-state index in [2.05, 4.69) is 10.3 Å². The van der Waals surface area contributed by atoms with Gasteiger partial charge in [0.1, 0.15) is 12.4 Å². The number of ether oxygens (including phenoxy) is 1. The molecule has 1 N–H and O–H groups in total. The Bertz CT molecular complexity index is 1140. The molecule has 0 spiro atoms. The number of carbonyl (C=O) groups is 1. The van der Waals surface area contributed by atoms with Gasteiger partial charge in [0.2, 0.25) is 5.91 Å². The zero-order valence-corrected chi connectivity index (χ0v) is 16.9. The first-order chi connectivity index (χ1) is 14.2. The molecule has 0 bridgehead atoms. The van der Waals surface area contributed by atoms with E-state index in [1.807, 2.05) is 72.8 Å². The van der Waals surface area contributed by atoms with Crippen molar-refractivity contribution in [1.29, 1.82) is 0 Å². The minimum atomic E-state index is -0.217. The van der Waals surface area contributed by atoms with Crippen LogP contribution in [0.2, 0.25) is 5.02 Å². The lowest BCUT2D eigenvalue weighted by Crippen LogP contribution is -2.07. The summed E-state index contributed by atoms with van der Waals surface area (Å²) in [7, 11) is 0. The minimum absolute atomic E-state index is 0.217. The lowest BCUT2D eigenvalue weighted by atomic mass is 10.2. The van der Waals surface area contributed by atoms with Crippen molar-refractivity contribution < 1.29 is 9.53 Å². The van der Waals surface area contributed by atoms with E-state index in [1.54, 1.807) is 6.08 Å². The Kier molecular flexibility index (Phi) is 5.89.